The van der Waals surface area contributed by atoms with E-state index in [1.807, 2.05) is 25.1 Å². The number of hydrogen-bond acceptors (Lipinski definition) is 1. The summed E-state index contributed by atoms with van der Waals surface area (Å²) in [5, 5.41) is 9.51. The van der Waals surface area contributed by atoms with E-state index >= 15 is 0 Å². The third-order valence-electron chi connectivity index (χ3n) is 3.13. The van der Waals surface area contributed by atoms with Crippen LogP contribution in [0.2, 0.25) is 0 Å². The van der Waals surface area contributed by atoms with E-state index in [-0.39, 0.29) is 18.3 Å². The molecule has 2 rings (SSSR count). The second kappa shape index (κ2) is 5.78. The molecule has 0 fully saturated rings. The van der Waals surface area contributed by atoms with Gasteiger partial charge in [-0.15, -0.1) is 0 Å². The molecule has 0 spiro atoms. The molecule has 1 atom stereocenters. The zero-order chi connectivity index (χ0) is 13.0. The predicted molar refractivity (Wildman–Crippen MR) is 71.1 cm³/mol. The van der Waals surface area contributed by atoms with E-state index in [4.69, 9.17) is 0 Å². The molecule has 0 aromatic heterocycles. The topological polar surface area (TPSA) is 20.2 Å². The molecule has 0 amide bonds. The average Bonchev–Trinajstić information content (AvgIpc) is 2.38. The van der Waals surface area contributed by atoms with Crippen molar-refractivity contribution in [3.05, 3.63) is 71.0 Å². The van der Waals surface area contributed by atoms with Gasteiger partial charge in [0, 0.05) is 5.92 Å². The molecule has 0 radical (unpaired) electrons. The molecule has 0 bridgehead atoms. The van der Waals surface area contributed by atoms with Gasteiger partial charge in [0.25, 0.3) is 0 Å². The molecule has 1 N–H and O–H groups in total. The van der Waals surface area contributed by atoms with Crippen LogP contribution in [0.5, 0.6) is 0 Å². The van der Waals surface area contributed by atoms with Crippen molar-refractivity contribution in [3.8, 4) is 0 Å². The molecule has 0 aliphatic rings. The van der Waals surface area contributed by atoms with Crippen LogP contribution in [0.15, 0.2) is 48.5 Å². The zero-order valence-electron chi connectivity index (χ0n) is 10.4. The lowest BCUT2D eigenvalue weighted by Crippen LogP contribution is -2.08. The van der Waals surface area contributed by atoms with E-state index in [1.54, 1.807) is 12.1 Å². The Balaban J connectivity index is 2.17. The van der Waals surface area contributed by atoms with Crippen LogP contribution in [0, 0.1) is 12.7 Å². The highest BCUT2D eigenvalue weighted by atomic mass is 19.1. The van der Waals surface area contributed by atoms with E-state index in [1.165, 1.54) is 17.7 Å². The van der Waals surface area contributed by atoms with Crippen molar-refractivity contribution in [2.24, 2.45) is 0 Å². The number of aliphatic hydroxyl groups excluding tert-OH is 1. The first-order valence-electron chi connectivity index (χ1n) is 6.11. The molecule has 94 valence electrons. The summed E-state index contributed by atoms with van der Waals surface area (Å²) >= 11 is 0. The molecule has 2 aromatic rings. The van der Waals surface area contributed by atoms with Gasteiger partial charge in [-0.25, -0.2) is 4.39 Å². The van der Waals surface area contributed by atoms with Crippen molar-refractivity contribution in [3.63, 3.8) is 0 Å². The minimum Gasteiger partial charge on any atom is -0.396 e. The fourth-order valence-electron chi connectivity index (χ4n) is 2.12. The van der Waals surface area contributed by atoms with Crippen molar-refractivity contribution in [2.75, 3.05) is 6.61 Å². The molecular formula is C16H17FO. The second-order valence-electron chi connectivity index (χ2n) is 4.62. The third-order valence-corrected chi connectivity index (χ3v) is 3.13. The normalized spacial score (nSPS) is 12.4. The minimum atomic E-state index is -0.227. The first kappa shape index (κ1) is 12.8. The largest absolute Gasteiger partial charge is 0.396 e. The summed E-state index contributed by atoms with van der Waals surface area (Å²) in [5.74, 6) is -0.162. The summed E-state index contributed by atoms with van der Waals surface area (Å²) in [6.45, 7) is 2.14. The summed E-state index contributed by atoms with van der Waals surface area (Å²) in [6, 6.07) is 14.6. The third kappa shape index (κ3) is 3.17. The highest BCUT2D eigenvalue weighted by molar-refractivity contribution is 5.28. The van der Waals surface area contributed by atoms with E-state index in [2.05, 4.69) is 6.07 Å². The van der Waals surface area contributed by atoms with Crippen molar-refractivity contribution in [1.82, 2.24) is 0 Å². The Bertz CT molecular complexity index is 505. The Kier molecular flexibility index (Phi) is 4.11. The standard InChI is InChI=1S/C16H17FO/c1-12-3-2-4-14(9-12)15(11-18)10-13-5-7-16(17)8-6-13/h2-9,15,18H,10-11H2,1H3. The lowest BCUT2D eigenvalue weighted by molar-refractivity contribution is 0.264. The van der Waals surface area contributed by atoms with Gasteiger partial charge in [0.2, 0.25) is 0 Å². The number of aliphatic hydroxyl groups is 1. The van der Waals surface area contributed by atoms with Crippen molar-refractivity contribution in [1.29, 1.82) is 0 Å². The van der Waals surface area contributed by atoms with Crippen LogP contribution >= 0.6 is 0 Å². The minimum absolute atomic E-state index is 0.0651. The summed E-state index contributed by atoms with van der Waals surface area (Å²) in [7, 11) is 0. The monoisotopic (exact) mass is 244 g/mol. The molecule has 0 heterocycles. The lowest BCUT2D eigenvalue weighted by atomic mass is 9.92. The summed E-state index contributed by atoms with van der Waals surface area (Å²) in [4.78, 5) is 0. The van der Waals surface area contributed by atoms with Gasteiger partial charge in [0.05, 0.1) is 6.61 Å². The smallest absolute Gasteiger partial charge is 0.123 e. The number of hydrogen-bond donors (Lipinski definition) is 1. The van der Waals surface area contributed by atoms with Crippen molar-refractivity contribution in [2.45, 2.75) is 19.3 Å². The fraction of sp³-hybridized carbons (Fsp3) is 0.250. The molecule has 0 saturated heterocycles. The van der Waals surface area contributed by atoms with E-state index < -0.39 is 0 Å². The highest BCUT2D eigenvalue weighted by Crippen LogP contribution is 2.21. The maximum absolute atomic E-state index is 12.8. The van der Waals surface area contributed by atoms with Gasteiger partial charge in [-0.05, 0) is 36.6 Å². The second-order valence-corrected chi connectivity index (χ2v) is 4.62. The Morgan fingerprint density at radius 3 is 2.44 bits per heavy atom. The van der Waals surface area contributed by atoms with Crippen LogP contribution in [-0.2, 0) is 6.42 Å². The maximum Gasteiger partial charge on any atom is 0.123 e. The van der Waals surface area contributed by atoms with Crippen molar-refractivity contribution >= 4 is 0 Å². The van der Waals surface area contributed by atoms with E-state index in [9.17, 15) is 9.50 Å². The van der Waals surface area contributed by atoms with E-state index in [0.717, 1.165) is 17.5 Å². The predicted octanol–water partition coefficient (Wildman–Crippen LogP) is 3.45. The fourth-order valence-corrected chi connectivity index (χ4v) is 2.12. The Morgan fingerprint density at radius 2 is 1.83 bits per heavy atom. The van der Waals surface area contributed by atoms with Gasteiger partial charge in [0.15, 0.2) is 0 Å². The summed E-state index contributed by atoms with van der Waals surface area (Å²) in [6.07, 6.45) is 0.722. The van der Waals surface area contributed by atoms with Crippen LogP contribution in [0.4, 0.5) is 4.39 Å². The van der Waals surface area contributed by atoms with Gasteiger partial charge in [-0.2, -0.15) is 0 Å². The molecule has 0 saturated carbocycles. The summed E-state index contributed by atoms with van der Waals surface area (Å²) in [5.41, 5.74) is 3.35. The molecular weight excluding hydrogens is 227 g/mol. The zero-order valence-corrected chi connectivity index (χ0v) is 10.4. The van der Waals surface area contributed by atoms with Gasteiger partial charge < -0.3 is 5.11 Å². The van der Waals surface area contributed by atoms with Crippen LogP contribution in [0.3, 0.4) is 0 Å². The molecule has 2 aromatic carbocycles. The van der Waals surface area contributed by atoms with Crippen molar-refractivity contribution < 1.29 is 9.50 Å². The Morgan fingerprint density at radius 1 is 1.11 bits per heavy atom. The quantitative estimate of drug-likeness (QED) is 0.873. The number of aryl methyl sites for hydroxylation is 1. The molecule has 0 aliphatic heterocycles. The molecule has 1 nitrogen and oxygen atoms in total. The van der Waals surface area contributed by atoms with Gasteiger partial charge >= 0.3 is 0 Å². The first-order valence-corrected chi connectivity index (χ1v) is 6.11. The van der Waals surface area contributed by atoms with Gasteiger partial charge in [-0.3, -0.25) is 0 Å². The molecule has 1 unspecified atom stereocenters. The number of benzene rings is 2. The number of rotatable bonds is 4. The first-order chi connectivity index (χ1) is 8.69. The van der Waals surface area contributed by atoms with Gasteiger partial charge in [-0.1, -0.05) is 42.0 Å². The summed E-state index contributed by atoms with van der Waals surface area (Å²) < 4.78 is 12.8. The molecule has 18 heavy (non-hydrogen) atoms. The Hall–Kier alpha value is -1.67. The van der Waals surface area contributed by atoms with Crippen LogP contribution < -0.4 is 0 Å². The van der Waals surface area contributed by atoms with Crippen LogP contribution in [0.25, 0.3) is 0 Å². The SMILES string of the molecule is Cc1cccc(C(CO)Cc2ccc(F)cc2)c1. The maximum atomic E-state index is 12.8. The van der Waals surface area contributed by atoms with Crippen LogP contribution in [-0.4, -0.2) is 11.7 Å². The molecule has 2 heteroatoms. The Labute approximate surface area is 107 Å². The average molecular weight is 244 g/mol. The highest BCUT2D eigenvalue weighted by Gasteiger charge is 2.11. The van der Waals surface area contributed by atoms with Crippen LogP contribution in [0.1, 0.15) is 22.6 Å². The van der Waals surface area contributed by atoms with E-state index in [0.29, 0.717) is 0 Å². The lowest BCUT2D eigenvalue weighted by Gasteiger charge is -2.15. The van der Waals surface area contributed by atoms with Gasteiger partial charge in [0.1, 0.15) is 5.82 Å². The number of halogens is 1. The molecule has 0 aliphatic carbocycles.